The van der Waals surface area contributed by atoms with Gasteiger partial charge in [-0.15, -0.1) is 0 Å². The van der Waals surface area contributed by atoms with Gasteiger partial charge in [0, 0.05) is 6.54 Å². The highest BCUT2D eigenvalue weighted by Crippen LogP contribution is 2.19. The van der Waals surface area contributed by atoms with Crippen LogP contribution in [0, 0.1) is 0 Å². The van der Waals surface area contributed by atoms with Gasteiger partial charge in [-0.2, -0.15) is 0 Å². The van der Waals surface area contributed by atoms with Crippen molar-refractivity contribution >= 4 is 17.7 Å². The Morgan fingerprint density at radius 1 is 1.37 bits per heavy atom. The summed E-state index contributed by atoms with van der Waals surface area (Å²) in [6.07, 6.45) is 4.36. The molecule has 19 heavy (non-hydrogen) atoms. The van der Waals surface area contributed by atoms with Crippen molar-refractivity contribution in [2.45, 2.75) is 25.0 Å². The molecule has 3 N–H and O–H groups in total. The van der Waals surface area contributed by atoms with Crippen molar-refractivity contribution in [2.24, 2.45) is 0 Å². The monoisotopic (exact) mass is 266 g/mol. The summed E-state index contributed by atoms with van der Waals surface area (Å²) in [6.45, 7) is 0.267. The van der Waals surface area contributed by atoms with E-state index in [9.17, 15) is 9.59 Å². The Morgan fingerprint density at radius 3 is 2.74 bits per heavy atom. The second-order valence-electron chi connectivity index (χ2n) is 4.12. The van der Waals surface area contributed by atoms with E-state index in [0.29, 0.717) is 18.5 Å². The van der Waals surface area contributed by atoms with Crippen molar-refractivity contribution in [3.05, 3.63) is 18.7 Å². The number of hydrogen-bond donors (Lipinski definition) is 3. The van der Waals surface area contributed by atoms with Crippen LogP contribution < -0.4 is 10.6 Å². The number of aliphatic carboxylic acids is 1. The molecule has 0 aromatic carbocycles. The molecule has 0 radical (unpaired) electrons. The average molecular weight is 266 g/mol. The molecule has 2 unspecified atom stereocenters. The number of hydrogen-bond acceptors (Lipinski definition) is 5. The summed E-state index contributed by atoms with van der Waals surface area (Å²) in [6, 6.07) is -0.405. The molecule has 1 aliphatic heterocycles. The summed E-state index contributed by atoms with van der Waals surface area (Å²) < 4.78 is 5.26. The first kappa shape index (κ1) is 13.2. The van der Waals surface area contributed by atoms with Crippen LogP contribution in [0.3, 0.4) is 0 Å². The van der Waals surface area contributed by atoms with Gasteiger partial charge in [-0.1, -0.05) is 0 Å². The molecular formula is C11H14N4O4. The lowest BCUT2D eigenvalue weighted by atomic mass is 10.2. The quantitative estimate of drug-likeness (QED) is 0.719. The van der Waals surface area contributed by atoms with Crippen LogP contribution in [0.25, 0.3) is 0 Å². The SMILES string of the molecule is O=C(NCC1CCC(C(=O)O)O1)Nc1cncnc1. The first-order valence-electron chi connectivity index (χ1n) is 5.83. The molecular weight excluding hydrogens is 252 g/mol. The molecule has 2 rings (SSSR count). The van der Waals surface area contributed by atoms with Gasteiger partial charge in [0.25, 0.3) is 0 Å². The number of anilines is 1. The van der Waals surface area contributed by atoms with Crippen molar-refractivity contribution in [1.29, 1.82) is 0 Å². The first-order chi connectivity index (χ1) is 9.15. The maximum Gasteiger partial charge on any atom is 0.332 e. The number of aromatic nitrogens is 2. The molecule has 102 valence electrons. The van der Waals surface area contributed by atoms with Crippen LogP contribution in [0.2, 0.25) is 0 Å². The Bertz CT molecular complexity index is 453. The van der Waals surface area contributed by atoms with Gasteiger partial charge in [0.05, 0.1) is 24.2 Å². The molecule has 1 aromatic rings. The zero-order chi connectivity index (χ0) is 13.7. The van der Waals surface area contributed by atoms with Crippen molar-refractivity contribution in [3.63, 3.8) is 0 Å². The van der Waals surface area contributed by atoms with Crippen molar-refractivity contribution in [3.8, 4) is 0 Å². The van der Waals surface area contributed by atoms with Crippen LogP contribution in [-0.4, -0.2) is 45.8 Å². The van der Waals surface area contributed by atoms with E-state index < -0.39 is 18.1 Å². The topological polar surface area (TPSA) is 113 Å². The standard InChI is InChI=1S/C11H14N4O4/c16-10(17)9-2-1-8(19-9)5-14-11(18)15-7-3-12-6-13-4-7/h3-4,6,8-9H,1-2,5H2,(H,16,17)(H2,14,15,18). The molecule has 1 fully saturated rings. The third-order valence-corrected chi connectivity index (χ3v) is 2.69. The average Bonchev–Trinajstić information content (AvgIpc) is 2.86. The van der Waals surface area contributed by atoms with E-state index in [0.717, 1.165) is 0 Å². The smallest absolute Gasteiger partial charge is 0.332 e. The number of carboxylic acids is 1. The molecule has 8 nitrogen and oxygen atoms in total. The second-order valence-corrected chi connectivity index (χ2v) is 4.12. The molecule has 0 aliphatic carbocycles. The highest BCUT2D eigenvalue weighted by atomic mass is 16.5. The van der Waals surface area contributed by atoms with Crippen molar-refractivity contribution < 1.29 is 19.4 Å². The zero-order valence-corrected chi connectivity index (χ0v) is 10.1. The van der Waals surface area contributed by atoms with Crippen LogP contribution in [0.1, 0.15) is 12.8 Å². The lowest BCUT2D eigenvalue weighted by Gasteiger charge is -2.12. The molecule has 2 heterocycles. The molecule has 0 bridgehead atoms. The Balaban J connectivity index is 1.71. The van der Waals surface area contributed by atoms with Gasteiger partial charge in [0.1, 0.15) is 6.33 Å². The van der Waals surface area contributed by atoms with Crippen molar-refractivity contribution in [2.75, 3.05) is 11.9 Å². The third-order valence-electron chi connectivity index (χ3n) is 2.69. The van der Waals surface area contributed by atoms with Gasteiger partial charge in [-0.25, -0.2) is 19.6 Å². The summed E-state index contributed by atoms with van der Waals surface area (Å²) in [5, 5.41) is 13.9. The Hall–Kier alpha value is -2.22. The van der Waals surface area contributed by atoms with Gasteiger partial charge < -0.3 is 20.5 Å². The number of urea groups is 1. The maximum absolute atomic E-state index is 11.5. The molecule has 1 aromatic heterocycles. The van der Waals surface area contributed by atoms with Crippen LogP contribution >= 0.6 is 0 Å². The van der Waals surface area contributed by atoms with Crippen LogP contribution in [0.5, 0.6) is 0 Å². The minimum Gasteiger partial charge on any atom is -0.479 e. The Labute approximate surface area is 109 Å². The minimum atomic E-state index is -0.964. The fraction of sp³-hybridized carbons (Fsp3) is 0.455. The van der Waals surface area contributed by atoms with Crippen LogP contribution in [0.4, 0.5) is 10.5 Å². The summed E-state index contributed by atoms with van der Waals surface area (Å²) in [5.74, 6) is -0.964. The fourth-order valence-electron chi connectivity index (χ4n) is 1.78. The molecule has 2 atom stereocenters. The number of nitrogens with zero attached hydrogens (tertiary/aromatic N) is 2. The number of amides is 2. The van der Waals surface area contributed by atoms with Gasteiger partial charge >= 0.3 is 12.0 Å². The van der Waals surface area contributed by atoms with E-state index in [1.54, 1.807) is 0 Å². The summed E-state index contributed by atoms with van der Waals surface area (Å²) in [5.41, 5.74) is 0.482. The maximum atomic E-state index is 11.5. The Morgan fingerprint density at radius 2 is 2.11 bits per heavy atom. The highest BCUT2D eigenvalue weighted by Gasteiger charge is 2.30. The first-order valence-corrected chi connectivity index (χ1v) is 5.83. The number of carbonyl (C=O) groups is 2. The normalized spacial score (nSPS) is 21.9. The van der Waals surface area contributed by atoms with Crippen LogP contribution in [-0.2, 0) is 9.53 Å². The molecule has 1 aliphatic rings. The molecule has 8 heteroatoms. The fourth-order valence-corrected chi connectivity index (χ4v) is 1.78. The van der Waals surface area contributed by atoms with Gasteiger partial charge in [0.15, 0.2) is 6.10 Å². The minimum absolute atomic E-state index is 0.265. The summed E-state index contributed by atoms with van der Waals surface area (Å²) >= 11 is 0. The number of rotatable bonds is 4. The van der Waals surface area contributed by atoms with E-state index >= 15 is 0 Å². The highest BCUT2D eigenvalue weighted by molar-refractivity contribution is 5.88. The molecule has 1 saturated heterocycles. The van der Waals surface area contributed by atoms with Crippen molar-refractivity contribution in [1.82, 2.24) is 15.3 Å². The lowest BCUT2D eigenvalue weighted by Crippen LogP contribution is -2.35. The zero-order valence-electron chi connectivity index (χ0n) is 10.1. The summed E-state index contributed by atoms with van der Waals surface area (Å²) in [7, 11) is 0. The van der Waals surface area contributed by atoms with Crippen LogP contribution in [0.15, 0.2) is 18.7 Å². The molecule has 0 saturated carbocycles. The number of carboxylic acid groups (broad SMARTS) is 1. The second kappa shape index (κ2) is 6.10. The van der Waals surface area contributed by atoms with E-state index in [4.69, 9.17) is 9.84 Å². The predicted molar refractivity (Wildman–Crippen MR) is 64.6 cm³/mol. The number of nitrogens with one attached hydrogen (secondary N) is 2. The van der Waals surface area contributed by atoms with Gasteiger partial charge in [-0.3, -0.25) is 0 Å². The number of ether oxygens (including phenoxy) is 1. The van der Waals surface area contributed by atoms with Gasteiger partial charge in [0.2, 0.25) is 0 Å². The predicted octanol–water partition coefficient (Wildman–Crippen LogP) is 0.230. The molecule has 0 spiro atoms. The molecule has 2 amide bonds. The van der Waals surface area contributed by atoms with E-state index in [1.165, 1.54) is 18.7 Å². The van der Waals surface area contributed by atoms with E-state index in [2.05, 4.69) is 20.6 Å². The summed E-state index contributed by atoms with van der Waals surface area (Å²) in [4.78, 5) is 29.7. The van der Waals surface area contributed by atoms with E-state index in [-0.39, 0.29) is 12.6 Å². The lowest BCUT2D eigenvalue weighted by molar-refractivity contribution is -0.149. The third kappa shape index (κ3) is 3.88. The van der Waals surface area contributed by atoms with E-state index in [1.807, 2.05) is 0 Å². The van der Waals surface area contributed by atoms with Gasteiger partial charge in [-0.05, 0) is 12.8 Å². The largest absolute Gasteiger partial charge is 0.479 e. The Kier molecular flexibility index (Phi) is 4.24. The number of carbonyl (C=O) groups excluding carboxylic acids is 1.